The van der Waals surface area contributed by atoms with Gasteiger partial charge in [-0.3, -0.25) is 0 Å². The van der Waals surface area contributed by atoms with Crippen LogP contribution < -0.4 is 10.5 Å². The number of halogens is 3. The van der Waals surface area contributed by atoms with E-state index in [1.165, 1.54) is 18.2 Å². The van der Waals surface area contributed by atoms with E-state index in [9.17, 15) is 8.42 Å². The minimum absolute atomic E-state index is 0. The molecule has 114 valence electrons. The summed E-state index contributed by atoms with van der Waals surface area (Å²) < 4.78 is 27.4. The van der Waals surface area contributed by atoms with E-state index in [2.05, 4.69) is 4.72 Å². The first-order valence-corrected chi connectivity index (χ1v) is 8.32. The van der Waals surface area contributed by atoms with Crippen molar-refractivity contribution in [2.75, 3.05) is 6.54 Å². The van der Waals surface area contributed by atoms with Crippen molar-refractivity contribution in [1.82, 2.24) is 4.72 Å². The van der Waals surface area contributed by atoms with E-state index in [1.807, 2.05) is 0 Å². The van der Waals surface area contributed by atoms with Crippen molar-refractivity contribution in [3.63, 3.8) is 0 Å². The Morgan fingerprint density at radius 1 is 1.20 bits per heavy atom. The van der Waals surface area contributed by atoms with Gasteiger partial charge in [0.1, 0.15) is 0 Å². The molecule has 0 amide bonds. The lowest BCUT2D eigenvalue weighted by molar-refractivity contribution is 0.399. The fraction of sp³-hybridized carbons (Fsp3) is 0.500. The van der Waals surface area contributed by atoms with Crippen LogP contribution in [-0.2, 0) is 10.0 Å². The number of benzene rings is 1. The molecule has 1 aromatic rings. The van der Waals surface area contributed by atoms with Crippen LogP contribution in [0.25, 0.3) is 0 Å². The average Bonchev–Trinajstić information content (AvgIpc) is 2.81. The summed E-state index contributed by atoms with van der Waals surface area (Å²) in [5.41, 5.74) is 5.21. The topological polar surface area (TPSA) is 72.2 Å². The smallest absolute Gasteiger partial charge is 0.241 e. The lowest BCUT2D eigenvalue weighted by atomic mass is 10.0. The number of nitrogens with one attached hydrogen (secondary N) is 1. The molecule has 0 radical (unpaired) electrons. The van der Waals surface area contributed by atoms with Gasteiger partial charge in [0.15, 0.2) is 0 Å². The van der Waals surface area contributed by atoms with Gasteiger partial charge in [0, 0.05) is 12.1 Å². The van der Waals surface area contributed by atoms with Crippen molar-refractivity contribution in [1.29, 1.82) is 0 Å². The van der Waals surface area contributed by atoms with Crippen LogP contribution in [0.3, 0.4) is 0 Å². The van der Waals surface area contributed by atoms with Crippen LogP contribution in [0, 0.1) is 0 Å². The molecular formula is C12H17Cl3N2O2S. The molecule has 3 N–H and O–H groups in total. The lowest BCUT2D eigenvalue weighted by Gasteiger charge is -2.28. The van der Waals surface area contributed by atoms with Crippen LogP contribution in [0.4, 0.5) is 0 Å². The van der Waals surface area contributed by atoms with Gasteiger partial charge in [-0.15, -0.1) is 12.4 Å². The second kappa shape index (κ2) is 6.81. The summed E-state index contributed by atoms with van der Waals surface area (Å²) in [5, 5.41) is 0.549. The Balaban J connectivity index is 0.00000200. The molecule has 0 unspecified atom stereocenters. The molecule has 0 atom stereocenters. The molecule has 1 aliphatic carbocycles. The third kappa shape index (κ3) is 3.78. The van der Waals surface area contributed by atoms with E-state index in [-0.39, 0.29) is 22.3 Å². The van der Waals surface area contributed by atoms with E-state index in [1.54, 1.807) is 0 Å². The molecule has 0 aromatic heterocycles. The van der Waals surface area contributed by atoms with Crippen molar-refractivity contribution in [2.45, 2.75) is 36.1 Å². The van der Waals surface area contributed by atoms with Gasteiger partial charge in [0.2, 0.25) is 10.0 Å². The normalized spacial score (nSPS) is 17.8. The van der Waals surface area contributed by atoms with Crippen LogP contribution >= 0.6 is 35.6 Å². The average molecular weight is 360 g/mol. The van der Waals surface area contributed by atoms with Crippen LogP contribution in [0.2, 0.25) is 10.0 Å². The van der Waals surface area contributed by atoms with Gasteiger partial charge in [-0.2, -0.15) is 0 Å². The molecule has 1 aliphatic rings. The van der Waals surface area contributed by atoms with Crippen molar-refractivity contribution in [2.24, 2.45) is 5.73 Å². The number of hydrogen-bond acceptors (Lipinski definition) is 3. The summed E-state index contributed by atoms with van der Waals surface area (Å²) >= 11 is 11.6. The highest BCUT2D eigenvalue weighted by Crippen LogP contribution is 2.31. The highest BCUT2D eigenvalue weighted by atomic mass is 35.5. The Morgan fingerprint density at radius 2 is 1.80 bits per heavy atom. The molecule has 0 saturated heterocycles. The molecule has 0 heterocycles. The first-order chi connectivity index (χ1) is 8.88. The van der Waals surface area contributed by atoms with Gasteiger partial charge in [0.25, 0.3) is 0 Å². The number of hydrogen-bond donors (Lipinski definition) is 2. The molecule has 0 spiro atoms. The molecule has 2 rings (SSSR count). The highest BCUT2D eigenvalue weighted by Gasteiger charge is 2.36. The molecule has 4 nitrogen and oxygen atoms in total. The summed E-state index contributed by atoms with van der Waals surface area (Å²) in [6.45, 7) is 0.299. The molecule has 1 fully saturated rings. The zero-order valence-electron chi connectivity index (χ0n) is 10.7. The van der Waals surface area contributed by atoms with E-state index in [0.29, 0.717) is 11.6 Å². The maximum Gasteiger partial charge on any atom is 0.241 e. The molecule has 8 heteroatoms. The third-order valence-corrected chi connectivity index (χ3v) is 5.82. The largest absolute Gasteiger partial charge is 0.329 e. The zero-order valence-corrected chi connectivity index (χ0v) is 13.9. The Kier molecular flexibility index (Phi) is 6.14. The van der Waals surface area contributed by atoms with Gasteiger partial charge in [-0.1, -0.05) is 36.0 Å². The Hall–Kier alpha value is -0.0400. The van der Waals surface area contributed by atoms with Crippen molar-refractivity contribution in [3.8, 4) is 0 Å². The fourth-order valence-corrected chi connectivity index (χ4v) is 4.25. The van der Waals surface area contributed by atoms with E-state index >= 15 is 0 Å². The first kappa shape index (κ1) is 18.0. The van der Waals surface area contributed by atoms with Crippen LogP contribution in [0.5, 0.6) is 0 Å². The number of sulfonamides is 1. The van der Waals surface area contributed by atoms with Crippen LogP contribution in [0.1, 0.15) is 25.7 Å². The minimum Gasteiger partial charge on any atom is -0.329 e. The fourth-order valence-electron chi connectivity index (χ4n) is 2.39. The predicted molar refractivity (Wildman–Crippen MR) is 84.3 cm³/mol. The van der Waals surface area contributed by atoms with E-state index in [0.717, 1.165) is 25.7 Å². The van der Waals surface area contributed by atoms with Gasteiger partial charge in [-0.25, -0.2) is 13.1 Å². The second-order valence-corrected chi connectivity index (χ2v) is 7.37. The Morgan fingerprint density at radius 3 is 2.30 bits per heavy atom. The molecule has 1 aromatic carbocycles. The molecule has 1 saturated carbocycles. The summed E-state index contributed by atoms with van der Waals surface area (Å²) in [6, 6.07) is 4.27. The predicted octanol–water partition coefficient (Wildman–Crippen LogP) is 2.97. The number of rotatable bonds is 4. The van der Waals surface area contributed by atoms with Crippen LogP contribution in [0.15, 0.2) is 23.1 Å². The summed E-state index contributed by atoms with van der Waals surface area (Å²) in [6.07, 6.45) is 3.51. The third-order valence-electron chi connectivity index (χ3n) is 3.50. The highest BCUT2D eigenvalue weighted by molar-refractivity contribution is 7.89. The minimum atomic E-state index is -3.63. The van der Waals surface area contributed by atoms with Crippen molar-refractivity contribution >= 4 is 45.6 Å². The summed E-state index contributed by atoms with van der Waals surface area (Å²) in [4.78, 5) is 0.113. The maximum atomic E-state index is 12.3. The van der Waals surface area contributed by atoms with Gasteiger partial charge >= 0.3 is 0 Å². The number of nitrogens with two attached hydrogens (primary N) is 1. The van der Waals surface area contributed by atoms with Gasteiger partial charge in [0.05, 0.1) is 14.9 Å². The SMILES string of the molecule is Cl.NCC1(NS(=O)(=O)c2ccc(Cl)c(Cl)c2)CCCC1. The maximum absolute atomic E-state index is 12.3. The van der Waals surface area contributed by atoms with Crippen molar-refractivity contribution < 1.29 is 8.42 Å². The second-order valence-electron chi connectivity index (χ2n) is 4.87. The summed E-state index contributed by atoms with van der Waals surface area (Å²) in [7, 11) is -3.63. The zero-order chi connectivity index (χ0) is 14.1. The van der Waals surface area contributed by atoms with E-state index in [4.69, 9.17) is 28.9 Å². The van der Waals surface area contributed by atoms with E-state index < -0.39 is 15.6 Å². The Bertz CT molecular complexity index is 572. The van der Waals surface area contributed by atoms with Gasteiger partial charge in [-0.05, 0) is 31.0 Å². The standard InChI is InChI=1S/C12H16Cl2N2O2S.ClH/c13-10-4-3-9(7-11(10)14)19(17,18)16-12(8-15)5-1-2-6-12;/h3-4,7,16H,1-2,5-6,8,15H2;1H. The Labute approximate surface area is 135 Å². The van der Waals surface area contributed by atoms with Gasteiger partial charge < -0.3 is 5.73 Å². The molecule has 0 bridgehead atoms. The molecule has 0 aliphatic heterocycles. The lowest BCUT2D eigenvalue weighted by Crippen LogP contribution is -2.51. The quantitative estimate of drug-likeness (QED) is 0.868. The summed E-state index contributed by atoms with van der Waals surface area (Å²) in [5.74, 6) is 0. The molecular weight excluding hydrogens is 343 g/mol. The monoisotopic (exact) mass is 358 g/mol. The molecule has 20 heavy (non-hydrogen) atoms. The first-order valence-electron chi connectivity index (χ1n) is 6.08. The van der Waals surface area contributed by atoms with Crippen LogP contribution in [-0.4, -0.2) is 20.5 Å². The van der Waals surface area contributed by atoms with Crippen molar-refractivity contribution in [3.05, 3.63) is 28.2 Å².